The largest absolute Gasteiger partial charge is 0.488 e. The maximum atomic E-state index is 13.5. The van der Waals surface area contributed by atoms with E-state index in [1.165, 1.54) is 18.2 Å². The zero-order valence-electron chi connectivity index (χ0n) is 17.1. The van der Waals surface area contributed by atoms with Gasteiger partial charge < -0.3 is 18.9 Å². The maximum Gasteiger partial charge on any atom is 0.231 e. The molecule has 3 aromatic carbocycles. The number of carbonyl (C=O) groups excluding carboxylic acids is 1. The maximum absolute atomic E-state index is 13.5. The molecule has 5 rings (SSSR count). The number of hydrogen-bond acceptors (Lipinski definition) is 5. The molecule has 2 aliphatic rings. The molecule has 0 saturated heterocycles. The molecule has 3 aromatic rings. The van der Waals surface area contributed by atoms with Crippen molar-refractivity contribution in [2.45, 2.75) is 20.1 Å². The van der Waals surface area contributed by atoms with E-state index >= 15 is 0 Å². The first-order valence-corrected chi connectivity index (χ1v) is 10.4. The summed E-state index contributed by atoms with van der Waals surface area (Å²) < 4.78 is 36.3. The van der Waals surface area contributed by atoms with Crippen LogP contribution in [0.25, 0.3) is 6.08 Å². The van der Waals surface area contributed by atoms with E-state index in [1.807, 2.05) is 13.0 Å². The molecule has 0 unspecified atom stereocenters. The average Bonchev–Trinajstić information content (AvgIpc) is 3.09. The van der Waals surface area contributed by atoms with Crippen molar-refractivity contribution in [3.63, 3.8) is 0 Å². The van der Waals surface area contributed by atoms with Gasteiger partial charge in [0.15, 0.2) is 12.6 Å². The van der Waals surface area contributed by atoms with Crippen LogP contribution in [0.2, 0.25) is 5.02 Å². The summed E-state index contributed by atoms with van der Waals surface area (Å²) in [5.41, 5.74) is 3.36. The van der Waals surface area contributed by atoms with E-state index in [0.29, 0.717) is 45.6 Å². The third-order valence-electron chi connectivity index (χ3n) is 5.32. The Kier molecular flexibility index (Phi) is 5.33. The summed E-state index contributed by atoms with van der Waals surface area (Å²) in [5.74, 6) is 1.23. The second-order valence-electron chi connectivity index (χ2n) is 7.51. The number of fused-ring (bicyclic) bond motifs is 2. The Morgan fingerprint density at radius 1 is 1.16 bits per heavy atom. The zero-order valence-corrected chi connectivity index (χ0v) is 17.9. The summed E-state index contributed by atoms with van der Waals surface area (Å²) in [7, 11) is 0. The van der Waals surface area contributed by atoms with Gasteiger partial charge >= 0.3 is 0 Å². The smallest absolute Gasteiger partial charge is 0.231 e. The second-order valence-corrected chi connectivity index (χ2v) is 7.95. The van der Waals surface area contributed by atoms with Crippen molar-refractivity contribution in [3.05, 3.63) is 92.9 Å². The van der Waals surface area contributed by atoms with Gasteiger partial charge in [-0.1, -0.05) is 23.7 Å². The van der Waals surface area contributed by atoms with Crippen molar-refractivity contribution >= 4 is 23.5 Å². The molecule has 5 nitrogen and oxygen atoms in total. The highest BCUT2D eigenvalue weighted by Gasteiger charge is 2.30. The first-order chi connectivity index (χ1) is 15.5. The van der Waals surface area contributed by atoms with E-state index in [0.717, 1.165) is 11.1 Å². The van der Waals surface area contributed by atoms with Crippen molar-refractivity contribution < 1.29 is 28.1 Å². The minimum absolute atomic E-state index is 0.142. The second kappa shape index (κ2) is 8.30. The van der Waals surface area contributed by atoms with E-state index in [1.54, 1.807) is 30.3 Å². The lowest BCUT2D eigenvalue weighted by atomic mass is 10.1. The van der Waals surface area contributed by atoms with Crippen molar-refractivity contribution in [2.75, 3.05) is 6.79 Å². The molecule has 0 amide bonds. The molecule has 0 radical (unpaired) electrons. The van der Waals surface area contributed by atoms with E-state index in [-0.39, 0.29) is 30.8 Å². The summed E-state index contributed by atoms with van der Waals surface area (Å²) >= 11 is 6.23. The van der Waals surface area contributed by atoms with E-state index in [4.69, 9.17) is 30.5 Å². The van der Waals surface area contributed by atoms with Gasteiger partial charge in [-0.25, -0.2) is 4.39 Å². The standard InChI is InChI=1S/C25H18ClFO5/c1-14-21(30-12-17-10-18(26)9-16-11-29-13-31-25(16)17)6-5-20-23(28)22(32-24(14)20)8-15-3-2-4-19(27)7-15/h2-10H,11-13H2,1H3/b22-8-. The summed E-state index contributed by atoms with van der Waals surface area (Å²) in [6.45, 7) is 2.65. The van der Waals surface area contributed by atoms with Crippen molar-refractivity contribution in [3.8, 4) is 17.2 Å². The lowest BCUT2D eigenvalue weighted by Gasteiger charge is -2.21. The van der Waals surface area contributed by atoms with E-state index in [2.05, 4.69) is 0 Å². The fourth-order valence-corrected chi connectivity index (χ4v) is 4.05. The number of Topliss-reactive ketones (excluding diaryl/α,β-unsaturated/α-hetero) is 1. The molecule has 0 aliphatic carbocycles. The molecule has 0 aromatic heterocycles. The molecule has 2 heterocycles. The highest BCUT2D eigenvalue weighted by Crippen LogP contribution is 2.40. The first kappa shape index (κ1) is 20.5. The number of allylic oxidation sites excluding steroid dienone is 1. The molecule has 0 N–H and O–H groups in total. The quantitative estimate of drug-likeness (QED) is 0.465. The Morgan fingerprint density at radius 3 is 2.88 bits per heavy atom. The minimum Gasteiger partial charge on any atom is -0.488 e. The topological polar surface area (TPSA) is 54.0 Å². The van der Waals surface area contributed by atoms with Gasteiger partial charge in [0, 0.05) is 21.7 Å². The van der Waals surface area contributed by atoms with Crippen LogP contribution in [0, 0.1) is 12.7 Å². The van der Waals surface area contributed by atoms with Gasteiger partial charge in [0.1, 0.15) is 29.7 Å². The van der Waals surface area contributed by atoms with Crippen LogP contribution < -0.4 is 14.2 Å². The third-order valence-corrected chi connectivity index (χ3v) is 5.54. The summed E-state index contributed by atoms with van der Waals surface area (Å²) in [6.07, 6.45) is 1.53. The van der Waals surface area contributed by atoms with Crippen LogP contribution in [0.15, 0.2) is 54.3 Å². The highest BCUT2D eigenvalue weighted by atomic mass is 35.5. The molecule has 0 bridgehead atoms. The minimum atomic E-state index is -0.382. The molecule has 0 saturated carbocycles. The van der Waals surface area contributed by atoms with Gasteiger partial charge in [-0.3, -0.25) is 4.79 Å². The molecule has 7 heteroatoms. The average molecular weight is 453 g/mol. The Morgan fingerprint density at radius 2 is 2.03 bits per heavy atom. The Hall–Kier alpha value is -3.35. The van der Waals surface area contributed by atoms with E-state index < -0.39 is 0 Å². The van der Waals surface area contributed by atoms with Crippen LogP contribution in [0.1, 0.15) is 32.6 Å². The third kappa shape index (κ3) is 3.83. The molecule has 32 heavy (non-hydrogen) atoms. The van der Waals surface area contributed by atoms with Crippen molar-refractivity contribution in [1.82, 2.24) is 0 Å². The molecular formula is C25H18ClFO5. The van der Waals surface area contributed by atoms with E-state index in [9.17, 15) is 9.18 Å². The SMILES string of the molecule is Cc1c(OCc2cc(Cl)cc3c2OCOC3)ccc2c1O/C(=C\c1cccc(F)c1)C2=O. The van der Waals surface area contributed by atoms with Crippen LogP contribution in [-0.2, 0) is 18.0 Å². The number of ketones is 1. The van der Waals surface area contributed by atoms with Gasteiger partial charge in [0.25, 0.3) is 0 Å². The fraction of sp³-hybridized carbons (Fsp3) is 0.160. The summed E-state index contributed by atoms with van der Waals surface area (Å²) in [4.78, 5) is 12.8. The zero-order chi connectivity index (χ0) is 22.2. The normalized spacial score (nSPS) is 15.7. The van der Waals surface area contributed by atoms with Crippen LogP contribution in [0.4, 0.5) is 4.39 Å². The molecule has 0 fully saturated rings. The molecule has 2 aliphatic heterocycles. The number of halogens is 2. The van der Waals surface area contributed by atoms with Crippen LogP contribution >= 0.6 is 11.6 Å². The van der Waals surface area contributed by atoms with Crippen molar-refractivity contribution in [1.29, 1.82) is 0 Å². The van der Waals surface area contributed by atoms with Crippen LogP contribution in [0.5, 0.6) is 17.2 Å². The molecule has 0 spiro atoms. The fourth-order valence-electron chi connectivity index (χ4n) is 3.79. The predicted molar refractivity (Wildman–Crippen MR) is 117 cm³/mol. The van der Waals surface area contributed by atoms with Crippen LogP contribution in [-0.4, -0.2) is 12.6 Å². The number of carbonyl (C=O) groups is 1. The first-order valence-electron chi connectivity index (χ1n) is 9.97. The lowest BCUT2D eigenvalue weighted by molar-refractivity contribution is -0.0175. The van der Waals surface area contributed by atoms with Gasteiger partial charge in [0.2, 0.25) is 5.78 Å². The van der Waals surface area contributed by atoms with Crippen molar-refractivity contribution in [2.24, 2.45) is 0 Å². The Balaban J connectivity index is 1.40. The van der Waals surface area contributed by atoms with Gasteiger partial charge in [-0.15, -0.1) is 0 Å². The predicted octanol–water partition coefficient (Wildman–Crippen LogP) is 5.85. The molecular weight excluding hydrogens is 435 g/mol. The molecule has 162 valence electrons. The monoisotopic (exact) mass is 452 g/mol. The number of rotatable bonds is 4. The van der Waals surface area contributed by atoms with Gasteiger partial charge in [-0.05, 0) is 55.0 Å². The summed E-state index contributed by atoms with van der Waals surface area (Å²) in [6, 6.07) is 13.0. The lowest BCUT2D eigenvalue weighted by Crippen LogP contribution is -2.14. The van der Waals surface area contributed by atoms with Gasteiger partial charge in [-0.2, -0.15) is 0 Å². The van der Waals surface area contributed by atoms with Crippen LogP contribution in [0.3, 0.4) is 0 Å². The van der Waals surface area contributed by atoms with Gasteiger partial charge in [0.05, 0.1) is 12.2 Å². The molecule has 0 atom stereocenters. The number of hydrogen-bond donors (Lipinski definition) is 0. The number of ether oxygens (including phenoxy) is 4. The highest BCUT2D eigenvalue weighted by molar-refractivity contribution is 6.30. The summed E-state index contributed by atoms with van der Waals surface area (Å²) in [5, 5.41) is 0.572. The Labute approximate surface area is 188 Å². The Bertz CT molecular complexity index is 1270. The number of benzene rings is 3.